The van der Waals surface area contributed by atoms with Gasteiger partial charge in [-0.3, -0.25) is 4.79 Å². The van der Waals surface area contributed by atoms with Crippen LogP contribution in [0.2, 0.25) is 0 Å². The quantitative estimate of drug-likeness (QED) is 0.754. The Kier molecular flexibility index (Phi) is 4.71. The third-order valence-corrected chi connectivity index (χ3v) is 2.98. The summed E-state index contributed by atoms with van der Waals surface area (Å²) in [7, 11) is 0. The molecule has 0 atom stereocenters. The molecule has 0 aliphatic heterocycles. The zero-order valence-electron chi connectivity index (χ0n) is 11.7. The summed E-state index contributed by atoms with van der Waals surface area (Å²) in [6.07, 6.45) is 0.307. The molecule has 0 aliphatic rings. The van der Waals surface area contributed by atoms with E-state index in [0.717, 1.165) is 10.8 Å². The molecular formula is C15H17N3O3. The minimum Gasteiger partial charge on any atom is -0.477 e. The van der Waals surface area contributed by atoms with Gasteiger partial charge in [-0.1, -0.05) is 24.3 Å². The topological polar surface area (TPSA) is 91.3 Å². The van der Waals surface area contributed by atoms with Crippen LogP contribution in [0.25, 0.3) is 10.8 Å². The van der Waals surface area contributed by atoms with Gasteiger partial charge < -0.3 is 15.7 Å². The number of carboxylic acid groups (broad SMARTS) is 1. The molecule has 6 heteroatoms. The molecule has 0 saturated carbocycles. The van der Waals surface area contributed by atoms with Crippen LogP contribution in [0.3, 0.4) is 0 Å². The second-order valence-corrected chi connectivity index (χ2v) is 4.51. The number of fused-ring (bicyclic) bond motifs is 1. The van der Waals surface area contributed by atoms with Gasteiger partial charge in [-0.05, 0) is 18.4 Å². The van der Waals surface area contributed by atoms with Crippen molar-refractivity contribution in [2.24, 2.45) is 0 Å². The molecule has 0 radical (unpaired) electrons. The summed E-state index contributed by atoms with van der Waals surface area (Å²) < 4.78 is 0. The van der Waals surface area contributed by atoms with Crippen LogP contribution >= 0.6 is 0 Å². The minimum absolute atomic E-state index is 0.0193. The van der Waals surface area contributed by atoms with Crippen molar-refractivity contribution in [3.63, 3.8) is 0 Å². The van der Waals surface area contributed by atoms with Crippen LogP contribution in [0.15, 0.2) is 30.3 Å². The van der Waals surface area contributed by atoms with Crippen LogP contribution in [-0.2, 0) is 4.79 Å². The average molecular weight is 287 g/mol. The minimum atomic E-state index is -1.08. The van der Waals surface area contributed by atoms with Crippen molar-refractivity contribution in [2.45, 2.75) is 13.3 Å². The fraction of sp³-hybridized carbons (Fsp3) is 0.267. The zero-order chi connectivity index (χ0) is 15.2. The number of hydrogen-bond acceptors (Lipinski definition) is 4. The molecular weight excluding hydrogens is 270 g/mol. The molecule has 2 aromatic rings. The van der Waals surface area contributed by atoms with E-state index in [2.05, 4.69) is 15.6 Å². The molecule has 1 aromatic heterocycles. The number of aromatic nitrogens is 1. The largest absolute Gasteiger partial charge is 0.477 e. The monoisotopic (exact) mass is 287 g/mol. The first-order chi connectivity index (χ1) is 10.1. The first kappa shape index (κ1) is 14.8. The van der Waals surface area contributed by atoms with Crippen molar-refractivity contribution in [1.82, 2.24) is 10.3 Å². The zero-order valence-corrected chi connectivity index (χ0v) is 11.7. The molecule has 0 fully saturated rings. The van der Waals surface area contributed by atoms with Gasteiger partial charge in [0.2, 0.25) is 5.91 Å². The Hall–Kier alpha value is -2.63. The van der Waals surface area contributed by atoms with E-state index in [0.29, 0.717) is 25.3 Å². The predicted molar refractivity (Wildman–Crippen MR) is 80.5 cm³/mol. The first-order valence-electron chi connectivity index (χ1n) is 6.75. The maximum Gasteiger partial charge on any atom is 0.354 e. The molecule has 0 spiro atoms. The van der Waals surface area contributed by atoms with Crippen LogP contribution in [0.1, 0.15) is 23.8 Å². The Bertz CT molecular complexity index is 670. The van der Waals surface area contributed by atoms with E-state index in [1.165, 1.54) is 6.07 Å². The standard InChI is InChI=1S/C15H17N3O3/c1-2-16-13(19)7-8-17-14-11-6-4-3-5-10(11)9-12(18-14)15(20)21/h3-6,9H,2,7-8H2,1H3,(H,16,19)(H,17,18)(H,20,21). The summed E-state index contributed by atoms with van der Waals surface area (Å²) in [4.78, 5) is 26.6. The van der Waals surface area contributed by atoms with Gasteiger partial charge in [-0.15, -0.1) is 0 Å². The molecule has 1 heterocycles. The van der Waals surface area contributed by atoms with E-state index >= 15 is 0 Å². The third-order valence-electron chi connectivity index (χ3n) is 2.98. The Labute approximate surface area is 122 Å². The lowest BCUT2D eigenvalue weighted by atomic mass is 10.1. The molecule has 0 saturated heterocycles. The highest BCUT2D eigenvalue weighted by molar-refractivity contribution is 5.97. The Morgan fingerprint density at radius 3 is 2.76 bits per heavy atom. The SMILES string of the molecule is CCNC(=O)CCNc1nc(C(=O)O)cc2ccccc12. The second-order valence-electron chi connectivity index (χ2n) is 4.51. The van der Waals surface area contributed by atoms with E-state index in [1.54, 1.807) is 0 Å². The van der Waals surface area contributed by atoms with Gasteiger partial charge in [-0.25, -0.2) is 9.78 Å². The highest BCUT2D eigenvalue weighted by atomic mass is 16.4. The third kappa shape index (κ3) is 3.68. The van der Waals surface area contributed by atoms with Crippen molar-refractivity contribution in [2.75, 3.05) is 18.4 Å². The molecule has 110 valence electrons. The lowest BCUT2D eigenvalue weighted by molar-refractivity contribution is -0.120. The summed E-state index contributed by atoms with van der Waals surface area (Å²) in [5, 5.41) is 16.5. The van der Waals surface area contributed by atoms with Gasteiger partial charge in [-0.2, -0.15) is 0 Å². The van der Waals surface area contributed by atoms with E-state index in [9.17, 15) is 9.59 Å². The molecule has 0 aliphatic carbocycles. The molecule has 1 aromatic carbocycles. The molecule has 21 heavy (non-hydrogen) atoms. The summed E-state index contributed by atoms with van der Waals surface area (Å²) in [6, 6.07) is 8.93. The van der Waals surface area contributed by atoms with Crippen molar-refractivity contribution in [1.29, 1.82) is 0 Å². The van der Waals surface area contributed by atoms with Crippen molar-refractivity contribution >= 4 is 28.5 Å². The average Bonchev–Trinajstić information content (AvgIpc) is 2.47. The number of benzene rings is 1. The summed E-state index contributed by atoms with van der Waals surface area (Å²) >= 11 is 0. The van der Waals surface area contributed by atoms with Crippen molar-refractivity contribution in [3.8, 4) is 0 Å². The van der Waals surface area contributed by atoms with Crippen molar-refractivity contribution < 1.29 is 14.7 Å². The number of hydrogen-bond donors (Lipinski definition) is 3. The number of rotatable bonds is 6. The molecule has 0 unspecified atom stereocenters. The molecule has 1 amide bonds. The second kappa shape index (κ2) is 6.69. The maximum absolute atomic E-state index is 11.4. The number of aromatic carboxylic acids is 1. The fourth-order valence-corrected chi connectivity index (χ4v) is 2.02. The molecule has 6 nitrogen and oxygen atoms in total. The smallest absolute Gasteiger partial charge is 0.354 e. The Morgan fingerprint density at radius 2 is 2.05 bits per heavy atom. The van der Waals surface area contributed by atoms with Gasteiger partial charge in [0, 0.05) is 24.9 Å². The number of anilines is 1. The lowest BCUT2D eigenvalue weighted by Gasteiger charge is -2.10. The number of nitrogens with one attached hydrogen (secondary N) is 2. The van der Waals surface area contributed by atoms with Gasteiger partial charge in [0.05, 0.1) is 0 Å². The summed E-state index contributed by atoms with van der Waals surface area (Å²) in [5.74, 6) is -0.647. The van der Waals surface area contributed by atoms with Crippen molar-refractivity contribution in [3.05, 3.63) is 36.0 Å². The predicted octanol–water partition coefficient (Wildman–Crippen LogP) is 1.87. The van der Waals surface area contributed by atoms with Crippen LogP contribution in [0.5, 0.6) is 0 Å². The van der Waals surface area contributed by atoms with E-state index in [1.807, 2.05) is 31.2 Å². The van der Waals surface area contributed by atoms with Crippen LogP contribution in [-0.4, -0.2) is 35.1 Å². The number of carbonyl (C=O) groups is 2. The van der Waals surface area contributed by atoms with E-state index in [4.69, 9.17) is 5.11 Å². The molecule has 3 N–H and O–H groups in total. The number of carboxylic acids is 1. The van der Waals surface area contributed by atoms with Gasteiger partial charge >= 0.3 is 5.97 Å². The number of nitrogens with zero attached hydrogens (tertiary/aromatic N) is 1. The summed E-state index contributed by atoms with van der Waals surface area (Å²) in [6.45, 7) is 2.84. The Balaban J connectivity index is 2.21. The molecule has 2 rings (SSSR count). The normalized spacial score (nSPS) is 10.3. The van der Waals surface area contributed by atoms with E-state index in [-0.39, 0.29) is 11.6 Å². The fourth-order valence-electron chi connectivity index (χ4n) is 2.02. The van der Waals surface area contributed by atoms with Crippen LogP contribution < -0.4 is 10.6 Å². The van der Waals surface area contributed by atoms with Gasteiger partial charge in [0.1, 0.15) is 5.82 Å². The number of pyridine rings is 1. The van der Waals surface area contributed by atoms with Crippen LogP contribution in [0.4, 0.5) is 5.82 Å². The lowest BCUT2D eigenvalue weighted by Crippen LogP contribution is -2.25. The van der Waals surface area contributed by atoms with Gasteiger partial charge in [0.25, 0.3) is 0 Å². The maximum atomic E-state index is 11.4. The molecule has 0 bridgehead atoms. The summed E-state index contributed by atoms with van der Waals surface area (Å²) in [5.41, 5.74) is -0.0193. The highest BCUT2D eigenvalue weighted by Gasteiger charge is 2.10. The Morgan fingerprint density at radius 1 is 1.29 bits per heavy atom. The number of carbonyl (C=O) groups excluding carboxylic acids is 1. The number of amides is 1. The van der Waals surface area contributed by atoms with E-state index < -0.39 is 5.97 Å². The van der Waals surface area contributed by atoms with Crippen LogP contribution in [0, 0.1) is 0 Å². The first-order valence-corrected chi connectivity index (χ1v) is 6.75. The van der Waals surface area contributed by atoms with Gasteiger partial charge in [0.15, 0.2) is 5.69 Å². The highest BCUT2D eigenvalue weighted by Crippen LogP contribution is 2.22.